The molecule has 0 amide bonds. The molecule has 3 rings (SSSR count). The van der Waals surface area contributed by atoms with Crippen molar-refractivity contribution in [1.82, 2.24) is 9.38 Å². The Morgan fingerprint density at radius 1 is 1.17 bits per heavy atom. The number of aryl methyl sites for hydroxylation is 1. The highest BCUT2D eigenvalue weighted by molar-refractivity contribution is 9.10. The van der Waals surface area contributed by atoms with Gasteiger partial charge in [-0.15, -0.1) is 0 Å². The van der Waals surface area contributed by atoms with Crippen molar-refractivity contribution in [3.05, 3.63) is 58.3 Å². The van der Waals surface area contributed by atoms with E-state index in [1.165, 1.54) is 0 Å². The van der Waals surface area contributed by atoms with Gasteiger partial charge in [-0.25, -0.2) is 4.98 Å². The second kappa shape index (κ2) is 5.60. The van der Waals surface area contributed by atoms with Crippen LogP contribution in [-0.4, -0.2) is 15.2 Å². The Bertz CT molecular complexity index is 889. The van der Waals surface area contributed by atoms with Crippen LogP contribution in [0.1, 0.15) is 36.8 Å². The first kappa shape index (κ1) is 15.9. The smallest absolute Gasteiger partial charge is 0.187 e. The summed E-state index contributed by atoms with van der Waals surface area (Å²) in [6.07, 6.45) is 1.97. The van der Waals surface area contributed by atoms with Gasteiger partial charge in [-0.1, -0.05) is 51.1 Å². The van der Waals surface area contributed by atoms with Crippen LogP contribution in [-0.2, 0) is 0 Å². The number of pyridine rings is 1. The van der Waals surface area contributed by atoms with E-state index in [4.69, 9.17) is 4.98 Å². The average Bonchev–Trinajstić information content (AvgIpc) is 2.85. The molecule has 0 atom stereocenters. The van der Waals surface area contributed by atoms with Gasteiger partial charge in [-0.3, -0.25) is 9.20 Å². The third-order valence-corrected chi connectivity index (χ3v) is 4.34. The van der Waals surface area contributed by atoms with Crippen LogP contribution >= 0.6 is 15.9 Å². The number of imidazole rings is 1. The number of nitrogens with zero attached hydrogens (tertiary/aromatic N) is 2. The first-order valence-corrected chi connectivity index (χ1v) is 8.37. The molecular weight excluding hydrogens is 352 g/mol. The van der Waals surface area contributed by atoms with Crippen LogP contribution in [0.15, 0.2) is 47.1 Å². The summed E-state index contributed by atoms with van der Waals surface area (Å²) in [5.74, 6) is 0.0846. The van der Waals surface area contributed by atoms with Gasteiger partial charge in [0.05, 0.1) is 4.47 Å². The number of benzene rings is 1. The zero-order valence-electron chi connectivity index (χ0n) is 13.7. The van der Waals surface area contributed by atoms with Crippen LogP contribution in [0.2, 0.25) is 0 Å². The summed E-state index contributed by atoms with van der Waals surface area (Å²) in [5, 5.41) is 0. The van der Waals surface area contributed by atoms with Gasteiger partial charge in [0, 0.05) is 17.2 Å². The number of ketones is 1. The van der Waals surface area contributed by atoms with Crippen molar-refractivity contribution < 1.29 is 4.79 Å². The molecule has 118 valence electrons. The van der Waals surface area contributed by atoms with Gasteiger partial charge in [0.1, 0.15) is 11.4 Å². The van der Waals surface area contributed by atoms with Gasteiger partial charge >= 0.3 is 0 Å². The van der Waals surface area contributed by atoms with Crippen LogP contribution in [0, 0.1) is 12.3 Å². The Morgan fingerprint density at radius 2 is 1.83 bits per heavy atom. The molecule has 4 heteroatoms. The van der Waals surface area contributed by atoms with E-state index in [2.05, 4.69) is 15.9 Å². The second-order valence-electron chi connectivity index (χ2n) is 6.81. The molecule has 0 radical (unpaired) electrons. The first-order chi connectivity index (χ1) is 10.8. The first-order valence-electron chi connectivity index (χ1n) is 7.57. The van der Waals surface area contributed by atoms with Crippen molar-refractivity contribution in [3.8, 4) is 11.3 Å². The Labute approximate surface area is 144 Å². The monoisotopic (exact) mass is 370 g/mol. The van der Waals surface area contributed by atoms with Gasteiger partial charge in [-0.05, 0) is 34.5 Å². The maximum atomic E-state index is 13.1. The van der Waals surface area contributed by atoms with Gasteiger partial charge in [0.2, 0.25) is 0 Å². The molecule has 3 nitrogen and oxygen atoms in total. The highest BCUT2D eigenvalue weighted by Gasteiger charge is 2.30. The molecule has 3 aromatic rings. The molecule has 0 aliphatic carbocycles. The standard InChI is InChI=1S/C19H19BrN2O/c1-12-10-14(20)18-21-15(13-8-6-5-7-9-13)16(22(18)11-12)17(23)19(2,3)4/h5-11H,1-4H3. The summed E-state index contributed by atoms with van der Waals surface area (Å²) in [7, 11) is 0. The van der Waals surface area contributed by atoms with Gasteiger partial charge in [0.15, 0.2) is 11.4 Å². The van der Waals surface area contributed by atoms with Crippen LogP contribution in [0.3, 0.4) is 0 Å². The van der Waals surface area contributed by atoms with Gasteiger partial charge in [0.25, 0.3) is 0 Å². The number of hydrogen-bond donors (Lipinski definition) is 0. The van der Waals surface area contributed by atoms with Crippen molar-refractivity contribution in [1.29, 1.82) is 0 Å². The number of halogens is 1. The highest BCUT2D eigenvalue weighted by Crippen LogP contribution is 2.32. The van der Waals surface area contributed by atoms with E-state index in [0.717, 1.165) is 26.9 Å². The van der Waals surface area contributed by atoms with Crippen molar-refractivity contribution in [2.24, 2.45) is 5.41 Å². The lowest BCUT2D eigenvalue weighted by molar-refractivity contribution is 0.0852. The van der Waals surface area contributed by atoms with Crippen LogP contribution < -0.4 is 0 Å². The number of rotatable bonds is 2. The summed E-state index contributed by atoms with van der Waals surface area (Å²) >= 11 is 3.57. The topological polar surface area (TPSA) is 34.4 Å². The molecule has 0 N–H and O–H groups in total. The minimum Gasteiger partial charge on any atom is -0.295 e. The van der Waals surface area contributed by atoms with Crippen molar-refractivity contribution in [2.45, 2.75) is 27.7 Å². The minimum atomic E-state index is -0.476. The minimum absolute atomic E-state index is 0.0846. The Balaban J connectivity index is 2.40. The molecule has 0 saturated carbocycles. The van der Waals surface area contributed by atoms with Crippen molar-refractivity contribution in [2.75, 3.05) is 0 Å². The lowest BCUT2D eigenvalue weighted by Gasteiger charge is -2.17. The van der Waals surface area contributed by atoms with E-state index in [1.54, 1.807) is 0 Å². The molecule has 2 heterocycles. The summed E-state index contributed by atoms with van der Waals surface area (Å²) in [5.41, 5.74) is 3.69. The fourth-order valence-electron chi connectivity index (χ4n) is 2.60. The number of carbonyl (C=O) groups excluding carboxylic acids is 1. The van der Waals surface area contributed by atoms with E-state index >= 15 is 0 Å². The second-order valence-corrected chi connectivity index (χ2v) is 7.67. The molecule has 23 heavy (non-hydrogen) atoms. The third-order valence-electron chi connectivity index (χ3n) is 3.76. The molecule has 0 unspecified atom stereocenters. The Hall–Kier alpha value is -1.94. The third kappa shape index (κ3) is 2.83. The normalized spacial score (nSPS) is 11.9. The van der Waals surface area contributed by atoms with E-state index in [1.807, 2.05) is 74.7 Å². The fraction of sp³-hybridized carbons (Fsp3) is 0.263. The molecule has 0 aliphatic rings. The van der Waals surface area contributed by atoms with E-state index < -0.39 is 5.41 Å². The maximum absolute atomic E-state index is 13.1. The van der Waals surface area contributed by atoms with Gasteiger partial charge in [-0.2, -0.15) is 0 Å². The average molecular weight is 371 g/mol. The number of carbonyl (C=O) groups is 1. The SMILES string of the molecule is Cc1cc(Br)c2nc(-c3ccccc3)c(C(=O)C(C)(C)C)n2c1. The van der Waals surface area contributed by atoms with Crippen LogP contribution in [0.25, 0.3) is 16.9 Å². The van der Waals surface area contributed by atoms with E-state index in [-0.39, 0.29) is 5.78 Å². The zero-order chi connectivity index (χ0) is 16.8. The van der Waals surface area contributed by atoms with Crippen LogP contribution in [0.4, 0.5) is 0 Å². The molecule has 0 fully saturated rings. The highest BCUT2D eigenvalue weighted by atomic mass is 79.9. The molecule has 0 saturated heterocycles. The molecule has 2 aromatic heterocycles. The van der Waals surface area contributed by atoms with Crippen LogP contribution in [0.5, 0.6) is 0 Å². The number of Topliss-reactive ketones (excluding diaryl/α,β-unsaturated/α-hetero) is 1. The Kier molecular flexibility index (Phi) is 3.88. The van der Waals surface area contributed by atoms with E-state index in [0.29, 0.717) is 5.69 Å². The maximum Gasteiger partial charge on any atom is 0.187 e. The zero-order valence-corrected chi connectivity index (χ0v) is 15.3. The van der Waals surface area contributed by atoms with Gasteiger partial charge < -0.3 is 0 Å². The summed E-state index contributed by atoms with van der Waals surface area (Å²) in [6, 6.07) is 11.9. The Morgan fingerprint density at radius 3 is 2.43 bits per heavy atom. The fourth-order valence-corrected chi connectivity index (χ4v) is 3.24. The molecule has 1 aromatic carbocycles. The predicted molar refractivity (Wildman–Crippen MR) is 96.9 cm³/mol. The van der Waals surface area contributed by atoms with E-state index in [9.17, 15) is 4.79 Å². The lowest BCUT2D eigenvalue weighted by atomic mass is 9.87. The predicted octanol–water partition coefficient (Wildman–Crippen LogP) is 5.30. The molecule has 0 aliphatic heterocycles. The van der Waals surface area contributed by atoms with Crippen molar-refractivity contribution >= 4 is 27.4 Å². The quantitative estimate of drug-likeness (QED) is 0.573. The summed E-state index contributed by atoms with van der Waals surface area (Å²) < 4.78 is 2.80. The lowest BCUT2D eigenvalue weighted by Crippen LogP contribution is -2.22. The molecular formula is C19H19BrN2O. The number of aromatic nitrogens is 2. The number of hydrogen-bond acceptors (Lipinski definition) is 2. The summed E-state index contributed by atoms with van der Waals surface area (Å²) in [4.78, 5) is 17.8. The summed E-state index contributed by atoms with van der Waals surface area (Å²) in [6.45, 7) is 7.83. The number of fused-ring (bicyclic) bond motifs is 1. The largest absolute Gasteiger partial charge is 0.295 e. The molecule has 0 spiro atoms. The van der Waals surface area contributed by atoms with Crippen molar-refractivity contribution in [3.63, 3.8) is 0 Å². The molecule has 0 bridgehead atoms.